The fraction of sp³-hybridized carbons (Fsp3) is 0.235. The zero-order valence-corrected chi connectivity index (χ0v) is 13.6. The van der Waals surface area contributed by atoms with Gasteiger partial charge < -0.3 is 15.4 Å². The number of pyridine rings is 1. The molecule has 2 aromatic heterocycles. The molecule has 2 aromatic rings. The summed E-state index contributed by atoms with van der Waals surface area (Å²) in [4.78, 5) is 18.0. The SMILES string of the molecule is CN(C)CCOc1nn2ccccc2c1/N=C1\C=CC(=O)C=C1N. The number of likely N-dealkylation sites (N-methyl/N-ethyl adjacent to an activating group) is 1. The first kappa shape index (κ1) is 15.9. The van der Waals surface area contributed by atoms with E-state index < -0.39 is 0 Å². The van der Waals surface area contributed by atoms with E-state index >= 15 is 0 Å². The average Bonchev–Trinajstić information content (AvgIpc) is 2.87. The van der Waals surface area contributed by atoms with Crippen molar-refractivity contribution in [2.45, 2.75) is 0 Å². The van der Waals surface area contributed by atoms with Gasteiger partial charge in [-0.2, -0.15) is 0 Å². The zero-order valence-electron chi connectivity index (χ0n) is 13.6. The van der Waals surface area contributed by atoms with Gasteiger partial charge in [0.2, 0.25) is 0 Å². The Bertz CT molecular complexity index is 861. The fourth-order valence-electron chi connectivity index (χ4n) is 2.25. The van der Waals surface area contributed by atoms with E-state index in [9.17, 15) is 4.79 Å². The van der Waals surface area contributed by atoms with Crippen LogP contribution in [0.2, 0.25) is 0 Å². The van der Waals surface area contributed by atoms with Crippen LogP contribution in [0.15, 0.2) is 53.3 Å². The minimum absolute atomic E-state index is 0.145. The average molecular weight is 325 g/mol. The quantitative estimate of drug-likeness (QED) is 0.838. The van der Waals surface area contributed by atoms with Crippen molar-refractivity contribution in [3.05, 3.63) is 48.3 Å². The van der Waals surface area contributed by atoms with Crippen LogP contribution >= 0.6 is 0 Å². The topological polar surface area (TPSA) is 85.2 Å². The van der Waals surface area contributed by atoms with Crippen LogP contribution in [0.25, 0.3) is 5.52 Å². The molecule has 0 fully saturated rings. The second kappa shape index (κ2) is 6.67. The highest BCUT2D eigenvalue weighted by atomic mass is 16.5. The number of rotatable bonds is 5. The molecule has 0 aromatic carbocycles. The summed E-state index contributed by atoms with van der Waals surface area (Å²) in [6, 6.07) is 5.69. The molecule has 24 heavy (non-hydrogen) atoms. The third-order valence-electron chi connectivity index (χ3n) is 3.49. The van der Waals surface area contributed by atoms with Crippen molar-refractivity contribution in [2.75, 3.05) is 27.2 Å². The molecule has 2 heterocycles. The van der Waals surface area contributed by atoms with Crippen molar-refractivity contribution < 1.29 is 9.53 Å². The molecule has 0 aliphatic heterocycles. The number of nitrogens with zero attached hydrogens (tertiary/aromatic N) is 4. The van der Waals surface area contributed by atoms with Gasteiger partial charge in [0.25, 0.3) is 5.88 Å². The lowest BCUT2D eigenvalue weighted by atomic mass is 10.1. The minimum Gasteiger partial charge on any atom is -0.474 e. The zero-order chi connectivity index (χ0) is 17.1. The number of aliphatic imine (C=N–C) groups is 1. The number of carbonyl (C=O) groups excluding carboxylic acids is 1. The van der Waals surface area contributed by atoms with Gasteiger partial charge in [-0.15, -0.1) is 5.10 Å². The second-order valence-corrected chi connectivity index (χ2v) is 5.67. The Hall–Kier alpha value is -2.93. The Morgan fingerprint density at radius 2 is 2.17 bits per heavy atom. The molecule has 0 atom stereocenters. The van der Waals surface area contributed by atoms with E-state index in [4.69, 9.17) is 10.5 Å². The van der Waals surface area contributed by atoms with Crippen LogP contribution in [0.4, 0.5) is 5.69 Å². The van der Waals surface area contributed by atoms with Crippen LogP contribution in [0.5, 0.6) is 5.88 Å². The van der Waals surface area contributed by atoms with Crippen LogP contribution in [-0.2, 0) is 4.79 Å². The largest absolute Gasteiger partial charge is 0.474 e. The molecule has 1 aliphatic carbocycles. The summed E-state index contributed by atoms with van der Waals surface area (Å²) in [5.41, 5.74) is 8.16. The van der Waals surface area contributed by atoms with Crippen molar-refractivity contribution in [1.82, 2.24) is 14.5 Å². The minimum atomic E-state index is -0.145. The molecule has 0 saturated heterocycles. The van der Waals surface area contributed by atoms with Crippen LogP contribution < -0.4 is 10.5 Å². The number of ketones is 1. The number of aromatic nitrogens is 2. The van der Waals surface area contributed by atoms with Crippen LogP contribution in [-0.4, -0.2) is 53.3 Å². The first-order chi connectivity index (χ1) is 11.5. The van der Waals surface area contributed by atoms with Gasteiger partial charge in [-0.05, 0) is 38.4 Å². The van der Waals surface area contributed by atoms with Crippen molar-refractivity contribution in [3.8, 4) is 5.88 Å². The van der Waals surface area contributed by atoms with Crippen molar-refractivity contribution in [3.63, 3.8) is 0 Å². The van der Waals surface area contributed by atoms with Crippen LogP contribution in [0.3, 0.4) is 0 Å². The monoisotopic (exact) mass is 325 g/mol. The number of carbonyl (C=O) groups is 1. The highest BCUT2D eigenvalue weighted by Gasteiger charge is 2.16. The summed E-state index contributed by atoms with van der Waals surface area (Å²) in [6.45, 7) is 1.26. The lowest BCUT2D eigenvalue weighted by Gasteiger charge is -2.10. The Morgan fingerprint density at radius 3 is 2.92 bits per heavy atom. The summed E-state index contributed by atoms with van der Waals surface area (Å²) >= 11 is 0. The molecular weight excluding hydrogens is 306 g/mol. The molecule has 7 nitrogen and oxygen atoms in total. The Balaban J connectivity index is 2.00. The second-order valence-electron chi connectivity index (χ2n) is 5.67. The van der Waals surface area contributed by atoms with E-state index in [1.165, 1.54) is 12.2 Å². The number of ether oxygens (including phenoxy) is 1. The van der Waals surface area contributed by atoms with Crippen LogP contribution in [0.1, 0.15) is 0 Å². The predicted octanol–water partition coefficient (Wildman–Crippen LogP) is 1.33. The maximum atomic E-state index is 11.4. The van der Waals surface area contributed by atoms with Gasteiger partial charge in [0.1, 0.15) is 6.61 Å². The smallest absolute Gasteiger partial charge is 0.260 e. The Labute approximate surface area is 139 Å². The predicted molar refractivity (Wildman–Crippen MR) is 92.8 cm³/mol. The normalized spacial score (nSPS) is 16.2. The van der Waals surface area contributed by atoms with E-state index in [-0.39, 0.29) is 5.78 Å². The number of hydrogen-bond donors (Lipinski definition) is 1. The molecule has 0 spiro atoms. The number of fused-ring (bicyclic) bond motifs is 1. The Kier molecular flexibility index (Phi) is 4.43. The maximum absolute atomic E-state index is 11.4. The fourth-order valence-corrected chi connectivity index (χ4v) is 2.25. The van der Waals surface area contributed by atoms with E-state index in [0.29, 0.717) is 29.6 Å². The summed E-state index contributed by atoms with van der Waals surface area (Å²) in [5, 5.41) is 4.43. The van der Waals surface area contributed by atoms with E-state index in [1.807, 2.05) is 43.4 Å². The number of nitrogens with two attached hydrogens (primary N) is 1. The van der Waals surface area contributed by atoms with Crippen molar-refractivity contribution in [1.29, 1.82) is 0 Å². The molecule has 0 radical (unpaired) electrons. The van der Waals surface area contributed by atoms with E-state index in [2.05, 4.69) is 10.1 Å². The van der Waals surface area contributed by atoms with Crippen molar-refractivity contribution >= 4 is 22.7 Å². The van der Waals surface area contributed by atoms with Gasteiger partial charge >= 0.3 is 0 Å². The van der Waals surface area contributed by atoms with Gasteiger partial charge in [-0.1, -0.05) is 6.07 Å². The summed E-state index contributed by atoms with van der Waals surface area (Å²) in [7, 11) is 3.95. The molecular formula is C17H19N5O2. The highest BCUT2D eigenvalue weighted by Crippen LogP contribution is 2.32. The standard InChI is InChI=1S/C17H19N5O2/c1-21(2)9-10-24-17-16(15-5-3-4-8-22(15)20-17)19-14-7-6-12(23)11-13(14)18/h3-8,11H,9-10,18H2,1-2H3/b19-14+. The molecule has 0 saturated carbocycles. The first-order valence-corrected chi connectivity index (χ1v) is 7.58. The molecule has 3 rings (SSSR count). The lowest BCUT2D eigenvalue weighted by Crippen LogP contribution is -2.19. The molecule has 0 bridgehead atoms. The molecule has 124 valence electrons. The van der Waals surface area contributed by atoms with Gasteiger partial charge in [0, 0.05) is 18.8 Å². The third-order valence-corrected chi connectivity index (χ3v) is 3.49. The molecule has 1 aliphatic rings. The maximum Gasteiger partial charge on any atom is 0.260 e. The third kappa shape index (κ3) is 3.36. The summed E-state index contributed by atoms with van der Waals surface area (Å²) < 4.78 is 7.51. The van der Waals surface area contributed by atoms with E-state index in [1.54, 1.807) is 10.6 Å². The van der Waals surface area contributed by atoms with Gasteiger partial charge in [0.05, 0.1) is 16.9 Å². The molecule has 2 N–H and O–H groups in total. The van der Waals surface area contributed by atoms with Gasteiger partial charge in [-0.25, -0.2) is 9.51 Å². The highest BCUT2D eigenvalue weighted by molar-refractivity contribution is 6.20. The molecule has 0 unspecified atom stereocenters. The molecule has 7 heteroatoms. The lowest BCUT2D eigenvalue weighted by molar-refractivity contribution is -0.110. The number of allylic oxidation sites excluding steroid dienone is 3. The van der Waals surface area contributed by atoms with Crippen LogP contribution in [0, 0.1) is 0 Å². The van der Waals surface area contributed by atoms with Gasteiger partial charge in [0.15, 0.2) is 11.5 Å². The summed E-state index contributed by atoms with van der Waals surface area (Å²) in [6.07, 6.45) is 6.23. The first-order valence-electron chi connectivity index (χ1n) is 7.58. The number of hydrogen-bond acceptors (Lipinski definition) is 6. The van der Waals surface area contributed by atoms with Gasteiger partial charge in [-0.3, -0.25) is 4.79 Å². The van der Waals surface area contributed by atoms with E-state index in [0.717, 1.165) is 12.1 Å². The Morgan fingerprint density at radius 1 is 1.33 bits per heavy atom. The molecule has 0 amide bonds. The van der Waals surface area contributed by atoms with Crippen molar-refractivity contribution in [2.24, 2.45) is 10.7 Å². The summed E-state index contributed by atoms with van der Waals surface area (Å²) in [5.74, 6) is 0.294.